The maximum Gasteiger partial charge on any atom is 0.165 e. The predicted molar refractivity (Wildman–Crippen MR) is 58.2 cm³/mol. The van der Waals surface area contributed by atoms with E-state index in [1.165, 1.54) is 12.1 Å². The number of benzene rings is 1. The van der Waals surface area contributed by atoms with Crippen LogP contribution in [0, 0.1) is 5.82 Å². The largest absolute Gasteiger partial charge is 0.488 e. The Morgan fingerprint density at radius 3 is 2.75 bits per heavy atom. The standard InChI is InChI=1S/C12H15FO3/c1-3-12(2,15)8-16-11-5-4-9(7-14)6-10(11)13/h4-7,15H,3,8H2,1-2H3. The molecule has 0 fully saturated rings. The second-order valence-electron chi connectivity index (χ2n) is 3.95. The molecule has 0 aliphatic rings. The molecule has 0 bridgehead atoms. The summed E-state index contributed by atoms with van der Waals surface area (Å²) in [6, 6.07) is 3.94. The average molecular weight is 226 g/mol. The maximum atomic E-state index is 13.4. The van der Waals surface area contributed by atoms with Crippen LogP contribution in [0.4, 0.5) is 4.39 Å². The Kier molecular flexibility index (Phi) is 4.01. The summed E-state index contributed by atoms with van der Waals surface area (Å²) in [5.41, 5.74) is -0.720. The number of carbonyl (C=O) groups excluding carboxylic acids is 1. The molecule has 0 radical (unpaired) electrons. The molecular weight excluding hydrogens is 211 g/mol. The fourth-order valence-electron chi connectivity index (χ4n) is 1.04. The van der Waals surface area contributed by atoms with Crippen molar-refractivity contribution in [3.63, 3.8) is 0 Å². The van der Waals surface area contributed by atoms with Gasteiger partial charge >= 0.3 is 0 Å². The van der Waals surface area contributed by atoms with Crippen LogP contribution in [-0.2, 0) is 0 Å². The van der Waals surface area contributed by atoms with E-state index in [1.54, 1.807) is 6.92 Å². The molecule has 3 nitrogen and oxygen atoms in total. The summed E-state index contributed by atoms with van der Waals surface area (Å²) in [5, 5.41) is 9.67. The highest BCUT2D eigenvalue weighted by molar-refractivity contribution is 5.74. The van der Waals surface area contributed by atoms with Gasteiger partial charge in [0.25, 0.3) is 0 Å². The first-order valence-electron chi connectivity index (χ1n) is 5.08. The van der Waals surface area contributed by atoms with E-state index in [0.717, 1.165) is 6.07 Å². The van der Waals surface area contributed by atoms with Crippen molar-refractivity contribution in [2.45, 2.75) is 25.9 Å². The van der Waals surface area contributed by atoms with Gasteiger partial charge in [0.2, 0.25) is 0 Å². The minimum Gasteiger partial charge on any atom is -0.488 e. The molecule has 1 unspecified atom stereocenters. The average Bonchev–Trinajstić information content (AvgIpc) is 2.27. The quantitative estimate of drug-likeness (QED) is 0.783. The number of hydrogen-bond donors (Lipinski definition) is 1. The molecule has 88 valence electrons. The monoisotopic (exact) mass is 226 g/mol. The Labute approximate surface area is 93.9 Å². The molecule has 1 aromatic carbocycles. The van der Waals surface area contributed by atoms with E-state index in [-0.39, 0.29) is 17.9 Å². The summed E-state index contributed by atoms with van der Waals surface area (Å²) in [6.07, 6.45) is 1.08. The fourth-order valence-corrected chi connectivity index (χ4v) is 1.04. The number of aliphatic hydroxyl groups is 1. The number of carbonyl (C=O) groups is 1. The van der Waals surface area contributed by atoms with Gasteiger partial charge in [-0.3, -0.25) is 4.79 Å². The Morgan fingerprint density at radius 1 is 1.56 bits per heavy atom. The summed E-state index contributed by atoms with van der Waals surface area (Å²) >= 11 is 0. The van der Waals surface area contributed by atoms with Gasteiger partial charge in [0, 0.05) is 5.56 Å². The predicted octanol–water partition coefficient (Wildman–Crippen LogP) is 2.18. The first kappa shape index (κ1) is 12.6. The van der Waals surface area contributed by atoms with Crippen LogP contribution in [0.5, 0.6) is 5.75 Å². The van der Waals surface area contributed by atoms with E-state index in [9.17, 15) is 14.3 Å². The van der Waals surface area contributed by atoms with Crippen molar-refractivity contribution in [2.75, 3.05) is 6.61 Å². The lowest BCUT2D eigenvalue weighted by Crippen LogP contribution is -2.31. The molecule has 1 aromatic rings. The summed E-state index contributed by atoms with van der Waals surface area (Å²) in [5.74, 6) is -0.559. The molecular formula is C12H15FO3. The molecule has 1 rings (SSSR count). The molecule has 4 heteroatoms. The molecule has 0 saturated heterocycles. The second kappa shape index (κ2) is 5.07. The zero-order valence-corrected chi connectivity index (χ0v) is 9.37. The lowest BCUT2D eigenvalue weighted by atomic mass is 10.1. The van der Waals surface area contributed by atoms with Crippen molar-refractivity contribution in [2.24, 2.45) is 0 Å². The van der Waals surface area contributed by atoms with E-state index in [2.05, 4.69) is 0 Å². The summed E-state index contributed by atoms with van der Waals surface area (Å²) in [7, 11) is 0. The van der Waals surface area contributed by atoms with Crippen molar-refractivity contribution < 1.29 is 19.0 Å². The van der Waals surface area contributed by atoms with Crippen LogP contribution in [-0.4, -0.2) is 23.6 Å². The van der Waals surface area contributed by atoms with Crippen LogP contribution in [0.3, 0.4) is 0 Å². The van der Waals surface area contributed by atoms with Crippen molar-refractivity contribution in [1.29, 1.82) is 0 Å². The van der Waals surface area contributed by atoms with Crippen molar-refractivity contribution in [3.05, 3.63) is 29.6 Å². The molecule has 0 spiro atoms. The molecule has 0 aromatic heterocycles. The van der Waals surface area contributed by atoms with Crippen LogP contribution in [0.15, 0.2) is 18.2 Å². The maximum absolute atomic E-state index is 13.4. The highest BCUT2D eigenvalue weighted by atomic mass is 19.1. The lowest BCUT2D eigenvalue weighted by molar-refractivity contribution is 0.00733. The molecule has 0 aliphatic heterocycles. The summed E-state index contributed by atoms with van der Waals surface area (Å²) in [4.78, 5) is 10.4. The molecule has 0 heterocycles. The van der Waals surface area contributed by atoms with Crippen LogP contribution in [0.2, 0.25) is 0 Å². The SMILES string of the molecule is CCC(C)(O)COc1ccc(C=O)cc1F. The smallest absolute Gasteiger partial charge is 0.165 e. The van der Waals surface area contributed by atoms with Gasteiger partial charge in [-0.2, -0.15) is 0 Å². The van der Waals surface area contributed by atoms with Gasteiger partial charge in [0.1, 0.15) is 12.9 Å². The topological polar surface area (TPSA) is 46.5 Å². The Bertz CT molecular complexity index is 375. The molecule has 0 saturated carbocycles. The summed E-state index contributed by atoms with van der Waals surface area (Å²) < 4.78 is 18.5. The highest BCUT2D eigenvalue weighted by Gasteiger charge is 2.19. The van der Waals surface area contributed by atoms with Crippen molar-refractivity contribution in [3.8, 4) is 5.75 Å². The molecule has 16 heavy (non-hydrogen) atoms. The molecule has 0 amide bonds. The molecule has 0 aliphatic carbocycles. The highest BCUT2D eigenvalue weighted by Crippen LogP contribution is 2.19. The third-order valence-corrected chi connectivity index (χ3v) is 2.39. The zero-order chi connectivity index (χ0) is 12.2. The Morgan fingerprint density at radius 2 is 2.25 bits per heavy atom. The number of ether oxygens (including phenoxy) is 1. The van der Waals surface area contributed by atoms with Crippen LogP contribution in [0.1, 0.15) is 30.6 Å². The van der Waals surface area contributed by atoms with Crippen molar-refractivity contribution in [1.82, 2.24) is 0 Å². The van der Waals surface area contributed by atoms with E-state index in [0.29, 0.717) is 12.7 Å². The number of hydrogen-bond acceptors (Lipinski definition) is 3. The van der Waals surface area contributed by atoms with Crippen molar-refractivity contribution >= 4 is 6.29 Å². The van der Waals surface area contributed by atoms with Gasteiger partial charge in [0.15, 0.2) is 11.6 Å². The number of halogens is 1. The number of rotatable bonds is 5. The third-order valence-electron chi connectivity index (χ3n) is 2.39. The Balaban J connectivity index is 2.71. The van der Waals surface area contributed by atoms with Crippen LogP contribution < -0.4 is 4.74 Å². The lowest BCUT2D eigenvalue weighted by Gasteiger charge is -2.21. The van der Waals surface area contributed by atoms with Gasteiger partial charge < -0.3 is 9.84 Å². The first-order chi connectivity index (χ1) is 7.48. The molecule has 1 N–H and O–H groups in total. The fraction of sp³-hybridized carbons (Fsp3) is 0.417. The summed E-state index contributed by atoms with van der Waals surface area (Å²) in [6.45, 7) is 3.45. The van der Waals surface area contributed by atoms with Crippen LogP contribution in [0.25, 0.3) is 0 Å². The van der Waals surface area contributed by atoms with Gasteiger partial charge in [-0.25, -0.2) is 4.39 Å². The first-order valence-corrected chi connectivity index (χ1v) is 5.08. The van der Waals surface area contributed by atoms with Gasteiger partial charge in [-0.1, -0.05) is 6.92 Å². The zero-order valence-electron chi connectivity index (χ0n) is 9.37. The van der Waals surface area contributed by atoms with E-state index in [1.807, 2.05) is 6.92 Å². The van der Waals surface area contributed by atoms with E-state index < -0.39 is 11.4 Å². The van der Waals surface area contributed by atoms with Crippen LogP contribution >= 0.6 is 0 Å². The Hall–Kier alpha value is -1.42. The second-order valence-corrected chi connectivity index (χ2v) is 3.95. The normalized spacial score (nSPS) is 14.2. The van der Waals surface area contributed by atoms with Gasteiger partial charge in [-0.15, -0.1) is 0 Å². The number of aldehydes is 1. The van der Waals surface area contributed by atoms with Gasteiger partial charge in [0.05, 0.1) is 5.60 Å². The minimum absolute atomic E-state index is 0.0147. The molecule has 1 atom stereocenters. The van der Waals surface area contributed by atoms with Gasteiger partial charge in [-0.05, 0) is 31.5 Å². The van der Waals surface area contributed by atoms with E-state index in [4.69, 9.17) is 4.74 Å². The van der Waals surface area contributed by atoms with E-state index >= 15 is 0 Å². The minimum atomic E-state index is -0.976. The third kappa shape index (κ3) is 3.31.